The number of carbonyl (C=O) groups excluding carboxylic acids is 1. The molecule has 4 aliphatic rings. The summed E-state index contributed by atoms with van der Waals surface area (Å²) in [4.78, 5) is 23.2. The Morgan fingerprint density at radius 2 is 1.85 bits per heavy atom. The minimum atomic E-state index is -0.304. The van der Waals surface area contributed by atoms with Crippen molar-refractivity contribution < 1.29 is 9.18 Å². The molecule has 1 amide bonds. The summed E-state index contributed by atoms with van der Waals surface area (Å²) in [5.41, 5.74) is 1.81. The van der Waals surface area contributed by atoms with Crippen LogP contribution in [0.25, 0.3) is 10.9 Å². The molecular weight excluding hydrogens is 343 g/mol. The van der Waals surface area contributed by atoms with Gasteiger partial charge in [-0.15, -0.1) is 0 Å². The molecule has 0 spiro atoms. The number of amides is 1. The lowest BCUT2D eigenvalue weighted by molar-refractivity contribution is -0.0131. The maximum atomic E-state index is 14.0. The Morgan fingerprint density at radius 1 is 1.11 bits per heavy atom. The minimum Gasteiger partial charge on any atom is -0.348 e. The average molecular weight is 370 g/mol. The highest BCUT2D eigenvalue weighted by atomic mass is 19.1. The zero-order valence-corrected chi connectivity index (χ0v) is 15.9. The number of nitrogens with zero attached hydrogens (tertiary/aromatic N) is 3. The molecule has 4 fully saturated rings. The van der Waals surface area contributed by atoms with Gasteiger partial charge in [0.25, 0.3) is 5.91 Å². The number of rotatable bonds is 2. The second-order valence-electron chi connectivity index (χ2n) is 8.32. The van der Waals surface area contributed by atoms with Gasteiger partial charge in [0.05, 0.1) is 5.52 Å². The third-order valence-electron chi connectivity index (χ3n) is 6.95. The Balaban J connectivity index is 1.29. The lowest BCUT2D eigenvalue weighted by Gasteiger charge is -2.51. The monoisotopic (exact) mass is 370 g/mol. The molecule has 2 bridgehead atoms. The molecule has 1 N–H and O–H groups in total. The van der Waals surface area contributed by atoms with Gasteiger partial charge in [-0.25, -0.2) is 4.39 Å². The molecule has 2 aromatic rings. The largest absolute Gasteiger partial charge is 0.348 e. The molecule has 0 saturated carbocycles. The molecule has 1 atom stereocenters. The van der Waals surface area contributed by atoms with Crippen molar-refractivity contribution in [1.82, 2.24) is 19.7 Å². The highest BCUT2D eigenvalue weighted by Gasteiger charge is 2.38. The number of aromatic nitrogens is 1. The summed E-state index contributed by atoms with van der Waals surface area (Å²) in [7, 11) is 0. The Labute approximate surface area is 159 Å². The van der Waals surface area contributed by atoms with E-state index in [1.165, 1.54) is 38.5 Å². The molecule has 6 rings (SSSR count). The van der Waals surface area contributed by atoms with E-state index >= 15 is 0 Å². The molecule has 27 heavy (non-hydrogen) atoms. The van der Waals surface area contributed by atoms with Crippen molar-refractivity contribution in [2.75, 3.05) is 45.8 Å². The van der Waals surface area contributed by atoms with E-state index in [0.717, 1.165) is 43.0 Å². The molecular formula is C21H27FN4O. The van der Waals surface area contributed by atoms with Gasteiger partial charge in [0.1, 0.15) is 11.5 Å². The number of fused-ring (bicyclic) bond motifs is 4. The van der Waals surface area contributed by atoms with Gasteiger partial charge in [-0.2, -0.15) is 0 Å². The van der Waals surface area contributed by atoms with Crippen LogP contribution in [-0.2, 0) is 0 Å². The molecule has 4 aliphatic heterocycles. The fourth-order valence-electron chi connectivity index (χ4n) is 5.29. The first-order chi connectivity index (χ1) is 13.1. The van der Waals surface area contributed by atoms with Gasteiger partial charge in [0.2, 0.25) is 0 Å². The van der Waals surface area contributed by atoms with Gasteiger partial charge in [-0.05, 0) is 50.4 Å². The van der Waals surface area contributed by atoms with Crippen molar-refractivity contribution in [3.05, 3.63) is 35.3 Å². The molecule has 144 valence electrons. The maximum absolute atomic E-state index is 14.0. The quantitative estimate of drug-likeness (QED) is 0.883. The number of piperazine rings is 1. The summed E-state index contributed by atoms with van der Waals surface area (Å²) in [5, 5.41) is 0.796. The summed E-state index contributed by atoms with van der Waals surface area (Å²) >= 11 is 0. The van der Waals surface area contributed by atoms with Crippen LogP contribution in [0.5, 0.6) is 0 Å². The van der Waals surface area contributed by atoms with E-state index in [4.69, 9.17) is 0 Å². The molecule has 1 aromatic carbocycles. The van der Waals surface area contributed by atoms with E-state index in [9.17, 15) is 9.18 Å². The van der Waals surface area contributed by atoms with Crippen molar-refractivity contribution in [2.24, 2.45) is 5.92 Å². The zero-order chi connectivity index (χ0) is 18.5. The number of nitrogens with one attached hydrogen (secondary N) is 1. The first kappa shape index (κ1) is 17.2. The number of para-hydroxylation sites is 1. The summed E-state index contributed by atoms with van der Waals surface area (Å²) in [6.07, 6.45) is 2.65. The lowest BCUT2D eigenvalue weighted by atomic mass is 9.83. The highest BCUT2D eigenvalue weighted by Crippen LogP contribution is 2.31. The summed E-state index contributed by atoms with van der Waals surface area (Å²) < 4.78 is 14.0. The zero-order valence-electron chi connectivity index (χ0n) is 15.9. The van der Waals surface area contributed by atoms with Crippen LogP contribution in [0.2, 0.25) is 0 Å². The van der Waals surface area contributed by atoms with Gasteiger partial charge in [0, 0.05) is 44.2 Å². The van der Waals surface area contributed by atoms with Gasteiger partial charge < -0.3 is 14.8 Å². The van der Waals surface area contributed by atoms with E-state index < -0.39 is 0 Å². The van der Waals surface area contributed by atoms with Gasteiger partial charge in [-0.3, -0.25) is 9.69 Å². The van der Waals surface area contributed by atoms with Gasteiger partial charge in [0.15, 0.2) is 0 Å². The minimum absolute atomic E-state index is 0.00309. The number of piperidine rings is 3. The second kappa shape index (κ2) is 6.60. The molecule has 5 nitrogen and oxygen atoms in total. The second-order valence-corrected chi connectivity index (χ2v) is 8.32. The van der Waals surface area contributed by atoms with Crippen LogP contribution in [0.1, 0.15) is 28.9 Å². The number of aromatic amines is 1. The van der Waals surface area contributed by atoms with Crippen molar-refractivity contribution in [3.8, 4) is 0 Å². The predicted molar refractivity (Wildman–Crippen MR) is 103 cm³/mol. The van der Waals surface area contributed by atoms with E-state index in [1.54, 1.807) is 6.07 Å². The Kier molecular flexibility index (Phi) is 4.20. The normalized spacial score (nSPS) is 28.8. The SMILES string of the molecule is Cc1c(C(=O)N2CCN(C3CN4CCC3CC4)CC2)[nH]c2c(F)cccc12. The van der Waals surface area contributed by atoms with Crippen LogP contribution >= 0.6 is 0 Å². The Hall–Kier alpha value is -1.92. The van der Waals surface area contributed by atoms with E-state index in [1.807, 2.05) is 17.9 Å². The van der Waals surface area contributed by atoms with Gasteiger partial charge in [-0.1, -0.05) is 12.1 Å². The molecule has 1 aromatic heterocycles. The first-order valence-electron chi connectivity index (χ1n) is 10.1. The molecule has 4 saturated heterocycles. The molecule has 1 unspecified atom stereocenters. The van der Waals surface area contributed by atoms with Crippen LogP contribution < -0.4 is 0 Å². The van der Waals surface area contributed by atoms with Crippen molar-refractivity contribution in [3.63, 3.8) is 0 Å². The summed E-state index contributed by atoms with van der Waals surface area (Å²) in [6.45, 7) is 8.99. The number of aryl methyl sites for hydroxylation is 1. The van der Waals surface area contributed by atoms with Crippen LogP contribution in [0.3, 0.4) is 0 Å². The molecule has 0 aliphatic carbocycles. The third kappa shape index (κ3) is 2.86. The number of benzene rings is 1. The number of carbonyl (C=O) groups is 1. The summed E-state index contributed by atoms with van der Waals surface area (Å²) in [5.74, 6) is 0.523. The van der Waals surface area contributed by atoms with Gasteiger partial charge >= 0.3 is 0 Å². The van der Waals surface area contributed by atoms with Crippen LogP contribution in [0.4, 0.5) is 4.39 Å². The number of halogens is 1. The number of hydrogen-bond acceptors (Lipinski definition) is 3. The fraction of sp³-hybridized carbons (Fsp3) is 0.571. The van der Waals surface area contributed by atoms with Crippen molar-refractivity contribution in [2.45, 2.75) is 25.8 Å². The number of H-pyrrole nitrogens is 1. The lowest BCUT2D eigenvalue weighted by Crippen LogP contribution is -2.61. The Bertz CT molecular complexity index is 862. The first-order valence-corrected chi connectivity index (χ1v) is 10.1. The van der Waals surface area contributed by atoms with E-state index in [0.29, 0.717) is 17.3 Å². The molecule has 5 heterocycles. The standard InChI is InChI=1S/C21H27FN4O/c1-14-16-3-2-4-17(22)20(16)23-19(14)21(27)26-11-9-25(10-12-26)18-13-24-7-5-15(18)6-8-24/h2-4,15,18,23H,5-13H2,1H3. The van der Waals surface area contributed by atoms with Crippen molar-refractivity contribution >= 4 is 16.8 Å². The number of hydrogen-bond donors (Lipinski definition) is 1. The Morgan fingerprint density at radius 3 is 2.48 bits per heavy atom. The van der Waals surface area contributed by atoms with E-state index in [-0.39, 0.29) is 11.7 Å². The van der Waals surface area contributed by atoms with Crippen LogP contribution in [0, 0.1) is 18.7 Å². The molecule has 6 heteroatoms. The average Bonchev–Trinajstić information content (AvgIpc) is 3.06. The smallest absolute Gasteiger partial charge is 0.270 e. The summed E-state index contributed by atoms with van der Waals surface area (Å²) in [6, 6.07) is 5.65. The van der Waals surface area contributed by atoms with E-state index in [2.05, 4.69) is 14.8 Å². The van der Waals surface area contributed by atoms with Crippen molar-refractivity contribution in [1.29, 1.82) is 0 Å². The maximum Gasteiger partial charge on any atom is 0.270 e. The van der Waals surface area contributed by atoms with Crippen LogP contribution in [-0.4, -0.2) is 77.4 Å². The topological polar surface area (TPSA) is 42.6 Å². The molecule has 0 radical (unpaired) electrons. The highest BCUT2D eigenvalue weighted by molar-refractivity contribution is 6.01. The fourth-order valence-corrected chi connectivity index (χ4v) is 5.29. The third-order valence-corrected chi connectivity index (χ3v) is 6.95. The predicted octanol–water partition coefficient (Wildman–Crippen LogP) is 2.47. The van der Waals surface area contributed by atoms with Crippen LogP contribution in [0.15, 0.2) is 18.2 Å².